The van der Waals surface area contributed by atoms with Crippen LogP contribution in [0.5, 0.6) is 0 Å². The molecule has 0 aliphatic rings. The molecule has 0 saturated carbocycles. The number of carbonyl (C=O) groups is 1. The molecule has 0 atom stereocenters. The largest absolute Gasteiger partial charge is 0.478 e. The number of fused-ring (bicyclic) bond motifs is 1. The minimum Gasteiger partial charge on any atom is -0.478 e. The van der Waals surface area contributed by atoms with Crippen LogP contribution in [0.15, 0.2) is 18.5 Å². The van der Waals surface area contributed by atoms with Gasteiger partial charge in [0.05, 0.1) is 29.0 Å². The number of aromatic nitrogens is 2. The van der Waals surface area contributed by atoms with Crippen LogP contribution in [-0.2, 0) is 0 Å². The van der Waals surface area contributed by atoms with E-state index in [9.17, 15) is 4.79 Å². The van der Waals surface area contributed by atoms with E-state index in [0.717, 1.165) is 0 Å². The number of nitriles is 1. The first-order chi connectivity index (χ1) is 6.72. The van der Waals surface area contributed by atoms with Crippen molar-refractivity contribution < 1.29 is 9.90 Å². The number of hydrogen-bond acceptors (Lipinski definition) is 3. The summed E-state index contributed by atoms with van der Waals surface area (Å²) in [6.07, 6.45) is 1.40. The first kappa shape index (κ1) is 8.26. The average molecular weight is 187 g/mol. The molecule has 0 fully saturated rings. The number of imidazole rings is 1. The fraction of sp³-hybridized carbons (Fsp3) is 0. The third kappa shape index (κ3) is 1.10. The van der Waals surface area contributed by atoms with Gasteiger partial charge >= 0.3 is 5.97 Å². The summed E-state index contributed by atoms with van der Waals surface area (Å²) in [4.78, 5) is 17.5. The third-order valence-corrected chi connectivity index (χ3v) is 1.88. The Morgan fingerprint density at radius 2 is 2.36 bits per heavy atom. The molecule has 5 heteroatoms. The van der Waals surface area contributed by atoms with Gasteiger partial charge in [0.25, 0.3) is 0 Å². The molecule has 14 heavy (non-hydrogen) atoms. The Bertz CT molecular complexity index is 551. The van der Waals surface area contributed by atoms with Gasteiger partial charge in [0.2, 0.25) is 0 Å². The number of carboxylic acid groups (broad SMARTS) is 1. The lowest BCUT2D eigenvalue weighted by molar-refractivity contribution is 0.0699. The van der Waals surface area contributed by atoms with Crippen LogP contribution in [0.1, 0.15) is 15.9 Å². The highest BCUT2D eigenvalue weighted by molar-refractivity contribution is 6.01. The minimum atomic E-state index is -1.08. The van der Waals surface area contributed by atoms with E-state index in [0.29, 0.717) is 16.6 Å². The van der Waals surface area contributed by atoms with E-state index in [4.69, 9.17) is 10.4 Å². The highest BCUT2D eigenvalue weighted by Gasteiger charge is 2.12. The van der Waals surface area contributed by atoms with Gasteiger partial charge in [-0.05, 0) is 12.1 Å². The molecule has 68 valence electrons. The highest BCUT2D eigenvalue weighted by Crippen LogP contribution is 2.17. The molecule has 0 amide bonds. The predicted molar refractivity (Wildman–Crippen MR) is 47.8 cm³/mol. The first-order valence-electron chi connectivity index (χ1n) is 3.83. The quantitative estimate of drug-likeness (QED) is 0.700. The van der Waals surface area contributed by atoms with Crippen LogP contribution in [0.4, 0.5) is 0 Å². The Morgan fingerprint density at radius 3 is 3.00 bits per heavy atom. The van der Waals surface area contributed by atoms with Gasteiger partial charge in [-0.2, -0.15) is 5.26 Å². The Morgan fingerprint density at radius 1 is 1.57 bits per heavy atom. The summed E-state index contributed by atoms with van der Waals surface area (Å²) >= 11 is 0. The summed E-state index contributed by atoms with van der Waals surface area (Å²) in [6.45, 7) is 0. The van der Waals surface area contributed by atoms with E-state index in [2.05, 4.69) is 9.97 Å². The summed E-state index contributed by atoms with van der Waals surface area (Å²) in [5.74, 6) is -1.08. The summed E-state index contributed by atoms with van der Waals surface area (Å²) in [6, 6.07) is 4.77. The van der Waals surface area contributed by atoms with Crippen molar-refractivity contribution in [2.75, 3.05) is 0 Å². The normalized spacial score (nSPS) is 9.93. The second-order valence-electron chi connectivity index (χ2n) is 2.74. The maximum atomic E-state index is 10.8. The number of benzene rings is 1. The second kappa shape index (κ2) is 2.85. The zero-order valence-corrected chi connectivity index (χ0v) is 6.98. The molecule has 2 rings (SSSR count). The van der Waals surface area contributed by atoms with Crippen LogP contribution < -0.4 is 0 Å². The monoisotopic (exact) mass is 187 g/mol. The Hall–Kier alpha value is -2.35. The Labute approximate surface area is 78.6 Å². The van der Waals surface area contributed by atoms with E-state index < -0.39 is 5.97 Å². The maximum Gasteiger partial charge on any atom is 0.338 e. The van der Waals surface area contributed by atoms with Crippen molar-refractivity contribution >= 4 is 17.0 Å². The van der Waals surface area contributed by atoms with E-state index in [1.807, 2.05) is 6.07 Å². The van der Waals surface area contributed by atoms with Crippen molar-refractivity contribution in [1.82, 2.24) is 9.97 Å². The standard InChI is InChI=1S/C9H5N3O2/c10-3-5-1-6(9(13)14)8-7(2-5)11-4-12-8/h1-2,4H,(H,11,12)(H,13,14). The number of nitrogens with one attached hydrogen (secondary N) is 1. The fourth-order valence-corrected chi connectivity index (χ4v) is 1.28. The van der Waals surface area contributed by atoms with Crippen LogP contribution in [0.2, 0.25) is 0 Å². The zero-order chi connectivity index (χ0) is 10.1. The molecule has 0 aliphatic carbocycles. The summed E-state index contributed by atoms with van der Waals surface area (Å²) in [7, 11) is 0. The molecule has 2 aromatic rings. The summed E-state index contributed by atoms with van der Waals surface area (Å²) < 4.78 is 0. The Balaban J connectivity index is 2.85. The maximum absolute atomic E-state index is 10.8. The highest BCUT2D eigenvalue weighted by atomic mass is 16.4. The molecule has 0 bridgehead atoms. The first-order valence-corrected chi connectivity index (χ1v) is 3.83. The van der Waals surface area contributed by atoms with E-state index in [1.54, 1.807) is 6.07 Å². The van der Waals surface area contributed by atoms with Gasteiger partial charge in [-0.25, -0.2) is 9.78 Å². The van der Waals surface area contributed by atoms with Crippen LogP contribution in [-0.4, -0.2) is 21.0 Å². The molecular weight excluding hydrogens is 182 g/mol. The number of nitrogens with zero attached hydrogens (tertiary/aromatic N) is 2. The molecule has 5 nitrogen and oxygen atoms in total. The number of carboxylic acids is 1. The Kier molecular flexibility index (Phi) is 1.68. The summed E-state index contributed by atoms with van der Waals surface area (Å²) in [5, 5.41) is 17.5. The second-order valence-corrected chi connectivity index (χ2v) is 2.74. The van der Waals surface area contributed by atoms with E-state index in [1.165, 1.54) is 12.4 Å². The molecule has 2 N–H and O–H groups in total. The van der Waals surface area contributed by atoms with E-state index >= 15 is 0 Å². The average Bonchev–Trinajstić information content (AvgIpc) is 2.63. The fourth-order valence-electron chi connectivity index (χ4n) is 1.28. The van der Waals surface area contributed by atoms with Crippen molar-refractivity contribution in [3.63, 3.8) is 0 Å². The number of H-pyrrole nitrogens is 1. The lowest BCUT2D eigenvalue weighted by Crippen LogP contribution is -1.98. The molecule has 0 radical (unpaired) electrons. The summed E-state index contributed by atoms with van der Waals surface area (Å²) in [5.41, 5.74) is 1.28. The van der Waals surface area contributed by atoms with Gasteiger partial charge in [-0.1, -0.05) is 0 Å². The number of hydrogen-bond donors (Lipinski definition) is 2. The van der Waals surface area contributed by atoms with E-state index in [-0.39, 0.29) is 5.56 Å². The SMILES string of the molecule is N#Cc1cc(C(=O)O)c2nc[nH]c2c1. The van der Waals surface area contributed by atoms with Crippen molar-refractivity contribution in [3.8, 4) is 6.07 Å². The van der Waals surface area contributed by atoms with Gasteiger partial charge < -0.3 is 10.1 Å². The lowest BCUT2D eigenvalue weighted by Gasteiger charge is -1.96. The zero-order valence-electron chi connectivity index (χ0n) is 6.98. The number of aromatic amines is 1. The molecule has 0 unspecified atom stereocenters. The number of aromatic carboxylic acids is 1. The molecule has 1 aromatic heterocycles. The van der Waals surface area contributed by atoms with Crippen molar-refractivity contribution in [2.45, 2.75) is 0 Å². The topological polar surface area (TPSA) is 89.8 Å². The predicted octanol–water partition coefficient (Wildman–Crippen LogP) is 1.13. The van der Waals surface area contributed by atoms with Crippen LogP contribution in [0, 0.1) is 11.3 Å². The van der Waals surface area contributed by atoms with Gasteiger partial charge in [0.15, 0.2) is 0 Å². The minimum absolute atomic E-state index is 0.0419. The van der Waals surface area contributed by atoms with Crippen molar-refractivity contribution in [3.05, 3.63) is 29.6 Å². The van der Waals surface area contributed by atoms with Crippen LogP contribution in [0.25, 0.3) is 11.0 Å². The van der Waals surface area contributed by atoms with Crippen LogP contribution in [0.3, 0.4) is 0 Å². The van der Waals surface area contributed by atoms with Gasteiger partial charge in [0, 0.05) is 0 Å². The van der Waals surface area contributed by atoms with Gasteiger partial charge in [-0.15, -0.1) is 0 Å². The molecule has 1 aromatic carbocycles. The molecule has 0 aliphatic heterocycles. The third-order valence-electron chi connectivity index (χ3n) is 1.88. The van der Waals surface area contributed by atoms with Crippen molar-refractivity contribution in [1.29, 1.82) is 5.26 Å². The number of rotatable bonds is 1. The smallest absolute Gasteiger partial charge is 0.338 e. The molecule has 1 heterocycles. The van der Waals surface area contributed by atoms with Gasteiger partial charge in [0.1, 0.15) is 5.52 Å². The molecular formula is C9H5N3O2. The molecule has 0 saturated heterocycles. The van der Waals surface area contributed by atoms with Gasteiger partial charge in [-0.3, -0.25) is 0 Å². The van der Waals surface area contributed by atoms with Crippen LogP contribution >= 0.6 is 0 Å². The van der Waals surface area contributed by atoms with Crippen molar-refractivity contribution in [2.24, 2.45) is 0 Å². The molecule has 0 spiro atoms. The lowest BCUT2D eigenvalue weighted by atomic mass is 10.1.